The van der Waals surface area contributed by atoms with Crippen LogP contribution in [0.4, 0.5) is 4.79 Å². The number of amides is 3. The van der Waals surface area contributed by atoms with Crippen LogP contribution < -0.4 is 10.6 Å². The summed E-state index contributed by atoms with van der Waals surface area (Å²) in [6.07, 6.45) is 0.412. The van der Waals surface area contributed by atoms with E-state index in [1.807, 2.05) is 20.8 Å². The summed E-state index contributed by atoms with van der Waals surface area (Å²) < 4.78 is 0. The summed E-state index contributed by atoms with van der Waals surface area (Å²) in [6, 6.07) is -0.0362. The number of carbonyl (C=O) groups excluding carboxylic acids is 2. The Morgan fingerprint density at radius 3 is 2.73 bits per heavy atom. The van der Waals surface area contributed by atoms with Crippen LogP contribution in [0.1, 0.15) is 27.2 Å². The van der Waals surface area contributed by atoms with Crippen molar-refractivity contribution in [3.8, 4) is 0 Å². The molecule has 1 saturated heterocycles. The van der Waals surface area contributed by atoms with Gasteiger partial charge in [-0.25, -0.2) is 4.79 Å². The van der Waals surface area contributed by atoms with Gasteiger partial charge in [0.2, 0.25) is 5.91 Å². The molecule has 0 saturated carbocycles. The summed E-state index contributed by atoms with van der Waals surface area (Å²) in [5.41, 5.74) is 0. The minimum absolute atomic E-state index is 0.0496. The molecule has 5 heteroatoms. The molecule has 0 aliphatic carbocycles. The molecule has 1 aliphatic heterocycles. The number of likely N-dealkylation sites (tertiary alicyclic amines) is 1. The fourth-order valence-electron chi connectivity index (χ4n) is 1.72. The standard InChI is InChI=1S/C10H19N3O2/c1-4-11-10(15)12-8-5-9(14)13(6-8)7(2)3/h7-8H,4-6H2,1-3H3,(H2,11,12,15). The van der Waals surface area contributed by atoms with Crippen molar-refractivity contribution in [1.29, 1.82) is 0 Å². The molecule has 1 heterocycles. The SMILES string of the molecule is CCNC(=O)NC1CC(=O)N(C(C)C)C1. The van der Waals surface area contributed by atoms with E-state index in [0.717, 1.165) is 0 Å². The topological polar surface area (TPSA) is 61.4 Å². The molecule has 0 aromatic rings. The summed E-state index contributed by atoms with van der Waals surface area (Å²) in [5, 5.41) is 5.43. The van der Waals surface area contributed by atoms with Crippen molar-refractivity contribution in [3.63, 3.8) is 0 Å². The summed E-state index contributed by atoms with van der Waals surface area (Å²) in [7, 11) is 0. The lowest BCUT2D eigenvalue weighted by Gasteiger charge is -2.21. The van der Waals surface area contributed by atoms with E-state index < -0.39 is 0 Å². The van der Waals surface area contributed by atoms with Crippen LogP contribution in [-0.4, -0.2) is 42.0 Å². The zero-order valence-corrected chi connectivity index (χ0v) is 9.54. The largest absolute Gasteiger partial charge is 0.338 e. The fraction of sp³-hybridized carbons (Fsp3) is 0.800. The Balaban J connectivity index is 2.41. The van der Waals surface area contributed by atoms with Crippen molar-refractivity contribution in [1.82, 2.24) is 15.5 Å². The van der Waals surface area contributed by atoms with Crippen LogP contribution in [0, 0.1) is 0 Å². The number of hydrogen-bond acceptors (Lipinski definition) is 2. The molecule has 0 radical (unpaired) electrons. The van der Waals surface area contributed by atoms with E-state index in [9.17, 15) is 9.59 Å². The first kappa shape index (κ1) is 11.8. The highest BCUT2D eigenvalue weighted by atomic mass is 16.2. The van der Waals surface area contributed by atoms with E-state index in [-0.39, 0.29) is 24.0 Å². The van der Waals surface area contributed by atoms with E-state index >= 15 is 0 Å². The zero-order chi connectivity index (χ0) is 11.4. The highest BCUT2D eigenvalue weighted by molar-refractivity contribution is 5.81. The Morgan fingerprint density at radius 2 is 2.27 bits per heavy atom. The number of nitrogens with one attached hydrogen (secondary N) is 2. The predicted molar refractivity (Wildman–Crippen MR) is 57.5 cm³/mol. The van der Waals surface area contributed by atoms with E-state index in [1.165, 1.54) is 0 Å². The number of carbonyl (C=O) groups is 2. The van der Waals surface area contributed by atoms with Gasteiger partial charge in [-0.2, -0.15) is 0 Å². The maximum Gasteiger partial charge on any atom is 0.315 e. The first-order chi connectivity index (χ1) is 7.04. The Bertz CT molecular complexity index is 253. The Kier molecular flexibility index (Phi) is 3.94. The summed E-state index contributed by atoms with van der Waals surface area (Å²) in [4.78, 5) is 24.5. The fourth-order valence-corrected chi connectivity index (χ4v) is 1.72. The smallest absolute Gasteiger partial charge is 0.315 e. The molecule has 86 valence electrons. The lowest BCUT2D eigenvalue weighted by molar-refractivity contribution is -0.129. The van der Waals surface area contributed by atoms with Crippen molar-refractivity contribution >= 4 is 11.9 Å². The summed E-state index contributed by atoms with van der Waals surface area (Å²) in [5.74, 6) is 0.117. The normalized spacial score (nSPS) is 20.9. The average molecular weight is 213 g/mol. The predicted octanol–water partition coefficient (Wildman–Crippen LogP) is 0.315. The van der Waals surface area contributed by atoms with E-state index in [1.54, 1.807) is 4.90 Å². The minimum Gasteiger partial charge on any atom is -0.338 e. The number of hydrogen-bond donors (Lipinski definition) is 2. The van der Waals surface area contributed by atoms with Gasteiger partial charge >= 0.3 is 6.03 Å². The maximum atomic E-state index is 11.5. The van der Waals surface area contributed by atoms with Crippen molar-refractivity contribution in [2.75, 3.05) is 13.1 Å². The third-order valence-corrected chi connectivity index (χ3v) is 2.45. The van der Waals surface area contributed by atoms with Gasteiger partial charge in [-0.05, 0) is 20.8 Å². The quantitative estimate of drug-likeness (QED) is 0.709. The second kappa shape index (κ2) is 5.00. The van der Waals surface area contributed by atoms with Crippen molar-refractivity contribution in [3.05, 3.63) is 0 Å². The van der Waals surface area contributed by atoms with Gasteiger partial charge in [0, 0.05) is 25.6 Å². The van der Waals surface area contributed by atoms with Gasteiger partial charge in [-0.1, -0.05) is 0 Å². The van der Waals surface area contributed by atoms with Crippen molar-refractivity contribution < 1.29 is 9.59 Å². The third-order valence-electron chi connectivity index (χ3n) is 2.45. The van der Waals surface area contributed by atoms with Gasteiger partial charge < -0.3 is 15.5 Å². The third kappa shape index (κ3) is 3.11. The molecule has 1 unspecified atom stereocenters. The molecule has 2 N–H and O–H groups in total. The lowest BCUT2D eigenvalue weighted by atomic mass is 10.2. The Hall–Kier alpha value is -1.26. The highest BCUT2D eigenvalue weighted by Gasteiger charge is 2.31. The second-order valence-corrected chi connectivity index (χ2v) is 4.04. The molecule has 1 atom stereocenters. The van der Waals surface area contributed by atoms with Crippen LogP contribution in [0.3, 0.4) is 0 Å². The number of nitrogens with zero attached hydrogens (tertiary/aromatic N) is 1. The Labute approximate surface area is 90.2 Å². The molecule has 0 spiro atoms. The molecule has 1 aliphatic rings. The monoisotopic (exact) mass is 213 g/mol. The van der Waals surface area contributed by atoms with Crippen LogP contribution >= 0.6 is 0 Å². The van der Waals surface area contributed by atoms with Crippen molar-refractivity contribution in [2.24, 2.45) is 0 Å². The van der Waals surface area contributed by atoms with Crippen molar-refractivity contribution in [2.45, 2.75) is 39.3 Å². The van der Waals surface area contributed by atoms with Gasteiger partial charge in [-0.15, -0.1) is 0 Å². The maximum absolute atomic E-state index is 11.5. The molecular formula is C10H19N3O2. The van der Waals surface area contributed by atoms with Crippen LogP contribution in [0.25, 0.3) is 0 Å². The lowest BCUT2D eigenvalue weighted by Crippen LogP contribution is -2.43. The molecular weight excluding hydrogens is 194 g/mol. The van der Waals surface area contributed by atoms with E-state index in [0.29, 0.717) is 19.5 Å². The molecule has 1 rings (SSSR count). The molecule has 0 bridgehead atoms. The van der Waals surface area contributed by atoms with Gasteiger partial charge in [0.15, 0.2) is 0 Å². The van der Waals surface area contributed by atoms with Crippen LogP contribution in [0.2, 0.25) is 0 Å². The highest BCUT2D eigenvalue weighted by Crippen LogP contribution is 2.13. The van der Waals surface area contributed by atoms with E-state index in [2.05, 4.69) is 10.6 Å². The average Bonchev–Trinajstić information content (AvgIpc) is 2.47. The molecule has 5 nitrogen and oxygen atoms in total. The second-order valence-electron chi connectivity index (χ2n) is 4.04. The molecule has 0 aromatic carbocycles. The molecule has 0 aromatic heterocycles. The molecule has 1 fully saturated rings. The molecule has 15 heavy (non-hydrogen) atoms. The van der Waals surface area contributed by atoms with E-state index in [4.69, 9.17) is 0 Å². The van der Waals surface area contributed by atoms with Crippen LogP contribution in [0.15, 0.2) is 0 Å². The van der Waals surface area contributed by atoms with Crippen LogP contribution in [-0.2, 0) is 4.79 Å². The minimum atomic E-state index is -0.194. The summed E-state index contributed by atoms with van der Waals surface area (Å²) >= 11 is 0. The number of rotatable bonds is 3. The summed E-state index contributed by atoms with van der Waals surface area (Å²) in [6.45, 7) is 7.03. The molecule has 3 amide bonds. The first-order valence-corrected chi connectivity index (χ1v) is 5.38. The van der Waals surface area contributed by atoms with Gasteiger partial charge in [0.05, 0.1) is 6.04 Å². The van der Waals surface area contributed by atoms with Gasteiger partial charge in [0.1, 0.15) is 0 Å². The first-order valence-electron chi connectivity index (χ1n) is 5.38. The number of urea groups is 1. The van der Waals surface area contributed by atoms with Crippen LogP contribution in [0.5, 0.6) is 0 Å². The van der Waals surface area contributed by atoms with Gasteiger partial charge in [-0.3, -0.25) is 4.79 Å². The zero-order valence-electron chi connectivity index (χ0n) is 9.54. The van der Waals surface area contributed by atoms with Gasteiger partial charge in [0.25, 0.3) is 0 Å². The Morgan fingerprint density at radius 1 is 1.60 bits per heavy atom.